The monoisotopic (exact) mass is 473 g/mol. The molecule has 2 heterocycles. The number of alkyl halides is 6. The van der Waals surface area contributed by atoms with Gasteiger partial charge < -0.3 is 9.30 Å². The second-order valence-corrected chi connectivity index (χ2v) is 7.71. The Hall–Kier alpha value is -3.35. The summed E-state index contributed by atoms with van der Waals surface area (Å²) < 4.78 is 83.3. The Morgan fingerprint density at radius 1 is 1.00 bits per heavy atom. The van der Waals surface area contributed by atoms with Crippen molar-refractivity contribution in [3.8, 4) is 17.0 Å². The molecule has 6 nitrogen and oxygen atoms in total. The van der Waals surface area contributed by atoms with Crippen LogP contribution in [0.25, 0.3) is 21.5 Å². The van der Waals surface area contributed by atoms with Crippen molar-refractivity contribution in [2.75, 3.05) is 0 Å². The number of hydrogen-bond donors (Lipinski definition) is 1. The molecule has 0 spiro atoms. The van der Waals surface area contributed by atoms with Crippen LogP contribution in [0.1, 0.15) is 5.56 Å². The molecule has 0 saturated heterocycles. The summed E-state index contributed by atoms with van der Waals surface area (Å²) in [6.07, 6.45) is -7.79. The number of aromatic nitrogens is 4. The predicted octanol–water partition coefficient (Wildman–Crippen LogP) is 5.06. The second-order valence-electron chi connectivity index (χ2n) is 6.68. The molecule has 0 saturated carbocycles. The van der Waals surface area contributed by atoms with E-state index in [0.29, 0.717) is 10.2 Å². The van der Waals surface area contributed by atoms with Crippen LogP contribution < -0.4 is 9.54 Å². The molecule has 168 valence electrons. The molecule has 0 atom stereocenters. The summed E-state index contributed by atoms with van der Waals surface area (Å²) in [4.78, 5) is 0.113. The maximum Gasteiger partial charge on any atom is 0.573 e. The number of nitrogens with one attached hydrogen (secondary N) is 1. The van der Waals surface area contributed by atoms with Gasteiger partial charge in [0.1, 0.15) is 11.4 Å². The summed E-state index contributed by atoms with van der Waals surface area (Å²) in [5.41, 5.74) is 0.278. The van der Waals surface area contributed by atoms with Gasteiger partial charge in [-0.3, -0.25) is 10.1 Å². The third kappa shape index (κ3) is 4.77. The summed E-state index contributed by atoms with van der Waals surface area (Å²) in [6.45, 7) is 0.499. The molecule has 0 bridgehead atoms. The van der Waals surface area contributed by atoms with Crippen LogP contribution in [-0.4, -0.2) is 25.9 Å². The van der Waals surface area contributed by atoms with Crippen LogP contribution >= 0.6 is 11.3 Å². The van der Waals surface area contributed by atoms with Crippen LogP contribution in [0.4, 0.5) is 26.3 Å². The van der Waals surface area contributed by atoms with Crippen molar-refractivity contribution in [2.45, 2.75) is 25.6 Å². The number of benzene rings is 2. The molecule has 4 aromatic rings. The molecule has 0 amide bonds. The lowest BCUT2D eigenvalue weighted by Gasteiger charge is -2.09. The normalized spacial score (nSPS) is 12.4. The van der Waals surface area contributed by atoms with E-state index in [1.54, 1.807) is 4.57 Å². The van der Waals surface area contributed by atoms with Gasteiger partial charge in [-0.15, -0.1) is 18.3 Å². The Morgan fingerprint density at radius 3 is 2.50 bits per heavy atom. The topological polar surface area (TPSA) is 68.7 Å². The largest absolute Gasteiger partial charge is 0.573 e. The van der Waals surface area contributed by atoms with Gasteiger partial charge in [0, 0.05) is 12.1 Å². The van der Waals surface area contributed by atoms with Gasteiger partial charge in [0.05, 0.1) is 28.5 Å². The molecule has 0 aliphatic carbocycles. The highest BCUT2D eigenvalue weighted by Gasteiger charge is 2.31. The third-order valence-corrected chi connectivity index (χ3v) is 5.45. The highest BCUT2D eigenvalue weighted by atomic mass is 32.1. The Balaban J connectivity index is 1.52. The molecule has 13 heteroatoms. The molecular formula is C19H13F6N5OS. The van der Waals surface area contributed by atoms with Crippen LogP contribution in [0.3, 0.4) is 0 Å². The fourth-order valence-corrected chi connectivity index (χ4v) is 4.05. The van der Waals surface area contributed by atoms with Gasteiger partial charge in [0.2, 0.25) is 0 Å². The van der Waals surface area contributed by atoms with Crippen molar-refractivity contribution in [2.24, 2.45) is 0 Å². The maximum atomic E-state index is 12.9. The number of nitrogens with zero attached hydrogens (tertiary/aromatic N) is 4. The number of aryl methyl sites for hydroxylation is 2. The Bertz CT molecular complexity index is 1320. The predicted molar refractivity (Wildman–Crippen MR) is 103 cm³/mol. The smallest absolute Gasteiger partial charge is 0.406 e. The molecule has 4 rings (SSSR count). The van der Waals surface area contributed by atoms with E-state index in [1.165, 1.54) is 41.2 Å². The average Bonchev–Trinajstić information content (AvgIpc) is 3.28. The quantitative estimate of drug-likeness (QED) is 0.412. The number of thiazole rings is 1. The zero-order valence-electron chi connectivity index (χ0n) is 15.9. The van der Waals surface area contributed by atoms with Gasteiger partial charge >= 0.3 is 12.5 Å². The lowest BCUT2D eigenvalue weighted by atomic mass is 10.1. The molecule has 0 aliphatic rings. The van der Waals surface area contributed by atoms with Crippen molar-refractivity contribution in [3.05, 3.63) is 59.0 Å². The minimum Gasteiger partial charge on any atom is -0.406 e. The SMILES string of the molecule is N=c1sc2cc(OC(F)(F)F)ccc2n1CCn1cc(-c2cccc(C(F)(F)F)c2)nn1. The second kappa shape index (κ2) is 7.97. The molecule has 0 fully saturated rings. The van der Waals surface area contributed by atoms with E-state index in [9.17, 15) is 26.3 Å². The first-order chi connectivity index (χ1) is 15.0. The van der Waals surface area contributed by atoms with Gasteiger partial charge in [-0.1, -0.05) is 28.7 Å². The molecule has 1 N–H and O–H groups in total. The van der Waals surface area contributed by atoms with E-state index in [1.807, 2.05) is 0 Å². The summed E-state index contributed by atoms with van der Waals surface area (Å²) in [5.74, 6) is -0.375. The number of halogens is 6. The molecule has 2 aromatic heterocycles. The van der Waals surface area contributed by atoms with Crippen LogP contribution in [-0.2, 0) is 19.3 Å². The molecule has 0 radical (unpaired) electrons. The summed E-state index contributed by atoms with van der Waals surface area (Å²) >= 11 is 0.990. The molecular weight excluding hydrogens is 460 g/mol. The Labute approximate surface area is 179 Å². The fraction of sp³-hybridized carbons (Fsp3) is 0.211. The van der Waals surface area contributed by atoms with Crippen molar-refractivity contribution in [3.63, 3.8) is 0 Å². The lowest BCUT2D eigenvalue weighted by molar-refractivity contribution is -0.274. The number of hydrogen-bond acceptors (Lipinski definition) is 5. The minimum absolute atomic E-state index is 0.113. The van der Waals surface area contributed by atoms with Crippen molar-refractivity contribution >= 4 is 21.6 Å². The fourth-order valence-electron chi connectivity index (χ4n) is 3.08. The Kier molecular flexibility index (Phi) is 5.44. The van der Waals surface area contributed by atoms with Crippen LogP contribution in [0.15, 0.2) is 48.7 Å². The van der Waals surface area contributed by atoms with Gasteiger partial charge in [0.15, 0.2) is 4.80 Å². The zero-order chi connectivity index (χ0) is 23.1. The van der Waals surface area contributed by atoms with Crippen molar-refractivity contribution < 1.29 is 31.1 Å². The molecule has 0 aliphatic heterocycles. The van der Waals surface area contributed by atoms with Crippen LogP contribution in [0, 0.1) is 5.41 Å². The van der Waals surface area contributed by atoms with E-state index < -0.39 is 18.1 Å². The Morgan fingerprint density at radius 2 is 1.78 bits per heavy atom. The minimum atomic E-state index is -4.81. The van der Waals surface area contributed by atoms with Gasteiger partial charge in [-0.05, 0) is 30.3 Å². The lowest BCUT2D eigenvalue weighted by Crippen LogP contribution is -2.17. The maximum absolute atomic E-state index is 12.9. The number of fused-ring (bicyclic) bond motifs is 1. The van der Waals surface area contributed by atoms with Gasteiger partial charge in [-0.25, -0.2) is 0 Å². The van der Waals surface area contributed by atoms with Crippen LogP contribution in [0.2, 0.25) is 0 Å². The third-order valence-electron chi connectivity index (χ3n) is 4.48. The van der Waals surface area contributed by atoms with E-state index >= 15 is 0 Å². The van der Waals surface area contributed by atoms with Crippen molar-refractivity contribution in [1.29, 1.82) is 5.41 Å². The summed E-state index contributed by atoms with van der Waals surface area (Å²) in [5, 5.41) is 15.9. The first-order valence-electron chi connectivity index (χ1n) is 9.01. The average molecular weight is 473 g/mol. The molecule has 32 heavy (non-hydrogen) atoms. The number of ether oxygens (including phenoxy) is 1. The number of rotatable bonds is 5. The van der Waals surface area contributed by atoms with E-state index in [0.717, 1.165) is 23.5 Å². The standard InChI is InChI=1S/C19H13F6N5OS/c20-18(21,22)12-3-1-2-11(8-12)14-10-29(28-27-14)6-7-30-15-5-4-13(31-19(23,24)25)9-16(15)32-17(30)26/h1-5,8-10,26H,6-7H2. The van der Waals surface area contributed by atoms with Crippen molar-refractivity contribution in [1.82, 2.24) is 19.6 Å². The first-order valence-corrected chi connectivity index (χ1v) is 9.83. The van der Waals surface area contributed by atoms with E-state index in [4.69, 9.17) is 5.41 Å². The zero-order valence-corrected chi connectivity index (χ0v) is 16.7. The van der Waals surface area contributed by atoms with E-state index in [2.05, 4.69) is 15.0 Å². The van der Waals surface area contributed by atoms with Gasteiger partial charge in [-0.2, -0.15) is 13.2 Å². The summed E-state index contributed by atoms with van der Waals surface area (Å²) in [7, 11) is 0. The highest BCUT2D eigenvalue weighted by Crippen LogP contribution is 2.32. The first kappa shape index (κ1) is 21.9. The molecule has 2 aromatic carbocycles. The van der Waals surface area contributed by atoms with Crippen LogP contribution in [0.5, 0.6) is 5.75 Å². The highest BCUT2D eigenvalue weighted by molar-refractivity contribution is 7.16. The summed E-state index contributed by atoms with van der Waals surface area (Å²) in [6, 6.07) is 8.54. The van der Waals surface area contributed by atoms with E-state index in [-0.39, 0.29) is 34.9 Å². The van der Waals surface area contributed by atoms with Gasteiger partial charge in [0.25, 0.3) is 0 Å². The molecule has 0 unspecified atom stereocenters.